The van der Waals surface area contributed by atoms with Crippen LogP contribution < -0.4 is 37.9 Å². The number of hydrogen-bond donors (Lipinski definition) is 0. The van der Waals surface area contributed by atoms with Crippen molar-refractivity contribution in [3.63, 3.8) is 0 Å². The Morgan fingerprint density at radius 3 is 1.92 bits per heavy atom. The Morgan fingerprint density at radius 2 is 1.32 bits per heavy atom. The van der Waals surface area contributed by atoms with Gasteiger partial charge in [-0.1, -0.05) is 6.07 Å². The average molecular weight is 521 g/mol. The molecule has 0 radical (unpaired) electrons. The zero-order chi connectivity index (χ0) is 27.0. The summed E-state index contributed by atoms with van der Waals surface area (Å²) in [6, 6.07) is 10.9. The van der Waals surface area contributed by atoms with Crippen LogP contribution in [0.4, 0.5) is 0 Å². The molecule has 1 aliphatic heterocycles. The van der Waals surface area contributed by atoms with Crippen molar-refractivity contribution >= 4 is 11.9 Å². The van der Waals surface area contributed by atoms with E-state index in [1.54, 1.807) is 27.4 Å². The maximum atomic E-state index is 14.0. The lowest BCUT2D eigenvalue weighted by Crippen LogP contribution is -2.06. The second kappa shape index (κ2) is 10.1. The Morgan fingerprint density at radius 1 is 0.711 bits per heavy atom. The molecule has 1 atom stereocenters. The second-order valence-corrected chi connectivity index (χ2v) is 8.54. The fraction of sp³-hybridized carbons (Fsp3) is 0.276. The average Bonchev–Trinajstić information content (AvgIpc) is 3.53. The predicted molar refractivity (Wildman–Crippen MR) is 139 cm³/mol. The SMILES string of the molecule is COc1cc(C2/C(=C/c3ccc4c(c3)OCO4)C(=O)c3cc(OC)c(OC)c(OC)c32)cc(OC)c1OC. The first kappa shape index (κ1) is 25.1. The molecule has 3 aromatic rings. The first-order valence-corrected chi connectivity index (χ1v) is 11.8. The third-order valence-corrected chi connectivity index (χ3v) is 6.71. The molecule has 1 aliphatic carbocycles. The number of methoxy groups -OCH3 is 6. The lowest BCUT2D eigenvalue weighted by Gasteiger charge is -2.21. The van der Waals surface area contributed by atoms with Gasteiger partial charge < -0.3 is 37.9 Å². The zero-order valence-corrected chi connectivity index (χ0v) is 22.0. The number of ether oxygens (including phenoxy) is 8. The summed E-state index contributed by atoms with van der Waals surface area (Å²) in [5, 5.41) is 0. The Kier molecular flexibility index (Phi) is 6.67. The number of rotatable bonds is 8. The summed E-state index contributed by atoms with van der Waals surface area (Å²) < 4.78 is 44.8. The normalized spacial score (nSPS) is 16.3. The van der Waals surface area contributed by atoms with Gasteiger partial charge in [-0.05, 0) is 47.5 Å². The number of hydrogen-bond acceptors (Lipinski definition) is 9. The molecule has 1 unspecified atom stereocenters. The van der Waals surface area contributed by atoms with Gasteiger partial charge in [-0.15, -0.1) is 0 Å². The Hall–Kier alpha value is -4.53. The molecule has 0 spiro atoms. The van der Waals surface area contributed by atoms with Crippen LogP contribution in [0, 0.1) is 0 Å². The molecule has 0 saturated carbocycles. The van der Waals surface area contributed by atoms with Gasteiger partial charge in [0.1, 0.15) is 0 Å². The minimum Gasteiger partial charge on any atom is -0.493 e. The van der Waals surface area contributed by atoms with Gasteiger partial charge in [-0.25, -0.2) is 0 Å². The first-order valence-electron chi connectivity index (χ1n) is 11.8. The van der Waals surface area contributed by atoms with Crippen LogP contribution in [0.2, 0.25) is 0 Å². The fourth-order valence-electron chi connectivity index (χ4n) is 5.04. The summed E-state index contributed by atoms with van der Waals surface area (Å²) in [5.41, 5.74) is 3.13. The van der Waals surface area contributed by atoms with E-state index in [9.17, 15) is 4.79 Å². The number of ketones is 1. The molecule has 3 aromatic carbocycles. The quantitative estimate of drug-likeness (QED) is 0.386. The molecule has 0 amide bonds. The lowest BCUT2D eigenvalue weighted by molar-refractivity contribution is 0.103. The standard InChI is InChI=1S/C29H28O9/c1-31-21-11-16(12-22(32-2)27(21)34-4)24-17(9-15-7-8-19-20(10-15)38-14-37-19)26(30)18-13-23(33-3)28(35-5)29(36-6)25(18)24/h7-13,24H,14H2,1-6H3/b17-9-. The van der Waals surface area contributed by atoms with Crippen LogP contribution in [-0.4, -0.2) is 55.2 Å². The van der Waals surface area contributed by atoms with Crippen LogP contribution >= 0.6 is 0 Å². The lowest BCUT2D eigenvalue weighted by atomic mass is 9.87. The third-order valence-electron chi connectivity index (χ3n) is 6.71. The van der Waals surface area contributed by atoms with E-state index in [0.717, 1.165) is 11.1 Å². The molecule has 0 fully saturated rings. The summed E-state index contributed by atoms with van der Waals surface area (Å²) in [6.45, 7) is 0.157. The van der Waals surface area contributed by atoms with Crippen LogP contribution in [0.5, 0.6) is 46.0 Å². The maximum Gasteiger partial charge on any atom is 0.231 e. The molecule has 1 heterocycles. The van der Waals surface area contributed by atoms with Crippen LogP contribution in [0.3, 0.4) is 0 Å². The number of allylic oxidation sites excluding steroid dienone is 1. The van der Waals surface area contributed by atoms with Crippen molar-refractivity contribution in [3.8, 4) is 46.0 Å². The van der Waals surface area contributed by atoms with Crippen LogP contribution in [-0.2, 0) is 0 Å². The predicted octanol–water partition coefficient (Wildman–Crippen LogP) is 4.88. The summed E-state index contributed by atoms with van der Waals surface area (Å²) in [4.78, 5) is 14.0. The van der Waals surface area contributed by atoms with Crippen molar-refractivity contribution in [1.29, 1.82) is 0 Å². The van der Waals surface area contributed by atoms with E-state index in [-0.39, 0.29) is 12.6 Å². The van der Waals surface area contributed by atoms with Gasteiger partial charge in [0.05, 0.1) is 42.7 Å². The van der Waals surface area contributed by atoms with E-state index in [2.05, 4.69) is 0 Å². The molecule has 9 heteroatoms. The number of benzene rings is 3. The van der Waals surface area contributed by atoms with Gasteiger partial charge in [0.2, 0.25) is 18.3 Å². The highest BCUT2D eigenvalue weighted by Crippen LogP contribution is 2.55. The molecule has 5 rings (SSSR count). The zero-order valence-electron chi connectivity index (χ0n) is 22.0. The highest BCUT2D eigenvalue weighted by Gasteiger charge is 2.41. The first-order chi connectivity index (χ1) is 18.5. The van der Waals surface area contributed by atoms with Gasteiger partial charge in [0.25, 0.3) is 0 Å². The van der Waals surface area contributed by atoms with Crippen molar-refractivity contribution in [3.05, 3.63) is 64.2 Å². The van der Waals surface area contributed by atoms with E-state index < -0.39 is 5.92 Å². The van der Waals surface area contributed by atoms with E-state index in [1.165, 1.54) is 21.3 Å². The summed E-state index contributed by atoms with van der Waals surface area (Å²) in [6.07, 6.45) is 1.84. The largest absolute Gasteiger partial charge is 0.493 e. The molecule has 38 heavy (non-hydrogen) atoms. The van der Waals surface area contributed by atoms with E-state index >= 15 is 0 Å². The van der Waals surface area contributed by atoms with Crippen molar-refractivity contribution in [1.82, 2.24) is 0 Å². The van der Waals surface area contributed by atoms with E-state index in [0.29, 0.717) is 62.7 Å². The van der Waals surface area contributed by atoms with Gasteiger partial charge in [-0.2, -0.15) is 0 Å². The maximum absolute atomic E-state index is 14.0. The van der Waals surface area contributed by atoms with Crippen molar-refractivity contribution in [2.45, 2.75) is 5.92 Å². The molecule has 9 nitrogen and oxygen atoms in total. The molecule has 0 aromatic heterocycles. The minimum absolute atomic E-state index is 0.157. The monoisotopic (exact) mass is 520 g/mol. The number of carbonyl (C=O) groups is 1. The van der Waals surface area contributed by atoms with Crippen molar-refractivity contribution in [2.24, 2.45) is 0 Å². The van der Waals surface area contributed by atoms with Gasteiger partial charge in [-0.3, -0.25) is 4.79 Å². The molecule has 0 N–H and O–H groups in total. The van der Waals surface area contributed by atoms with Crippen molar-refractivity contribution in [2.75, 3.05) is 49.5 Å². The number of fused-ring (bicyclic) bond motifs is 2. The summed E-state index contributed by atoms with van der Waals surface area (Å²) >= 11 is 0. The smallest absolute Gasteiger partial charge is 0.231 e. The molecule has 2 aliphatic rings. The molecule has 0 bridgehead atoms. The van der Waals surface area contributed by atoms with E-state index in [1.807, 2.05) is 36.4 Å². The summed E-state index contributed by atoms with van der Waals surface area (Å²) in [5.74, 6) is 3.12. The van der Waals surface area contributed by atoms with Gasteiger partial charge in [0, 0.05) is 22.6 Å². The Bertz CT molecular complexity index is 1420. The Balaban J connectivity index is 1.80. The molecular formula is C29H28O9. The summed E-state index contributed by atoms with van der Waals surface area (Å²) in [7, 11) is 9.22. The highest BCUT2D eigenvalue weighted by atomic mass is 16.7. The van der Waals surface area contributed by atoms with Gasteiger partial charge >= 0.3 is 0 Å². The van der Waals surface area contributed by atoms with Crippen molar-refractivity contribution < 1.29 is 42.7 Å². The van der Waals surface area contributed by atoms with Crippen LogP contribution in [0.15, 0.2) is 42.0 Å². The fourth-order valence-corrected chi connectivity index (χ4v) is 5.04. The second-order valence-electron chi connectivity index (χ2n) is 8.54. The minimum atomic E-state index is -0.550. The van der Waals surface area contributed by atoms with Gasteiger partial charge in [0.15, 0.2) is 40.3 Å². The molecule has 198 valence electrons. The Labute approximate surface area is 220 Å². The topological polar surface area (TPSA) is 90.9 Å². The number of Topliss-reactive ketones (excluding diaryl/α,β-unsaturated/α-hetero) is 1. The van der Waals surface area contributed by atoms with Crippen LogP contribution in [0.1, 0.15) is 33.0 Å². The van der Waals surface area contributed by atoms with E-state index in [4.69, 9.17) is 37.9 Å². The third kappa shape index (κ3) is 3.91. The molecule has 0 saturated heterocycles. The van der Waals surface area contributed by atoms with Crippen LogP contribution in [0.25, 0.3) is 6.08 Å². The highest BCUT2D eigenvalue weighted by molar-refractivity contribution is 6.18. The number of carbonyl (C=O) groups excluding carboxylic acids is 1. The molecular weight excluding hydrogens is 492 g/mol.